The molecule has 4 nitrogen and oxygen atoms in total. The van der Waals surface area contributed by atoms with Crippen molar-refractivity contribution in [3.63, 3.8) is 0 Å². The van der Waals surface area contributed by atoms with Crippen LogP contribution >= 0.6 is 34.0 Å². The van der Waals surface area contributed by atoms with E-state index in [0.29, 0.717) is 29.2 Å². The van der Waals surface area contributed by atoms with E-state index in [4.69, 9.17) is 0 Å². The number of nitrogens with zero attached hydrogens (tertiary/aromatic N) is 4. The first-order chi connectivity index (χ1) is 14.9. The van der Waals surface area contributed by atoms with E-state index in [0.717, 1.165) is 21.6 Å². The fourth-order valence-corrected chi connectivity index (χ4v) is 5.68. The van der Waals surface area contributed by atoms with Crippen LogP contribution in [0.4, 0.5) is 13.2 Å². The maximum atomic E-state index is 13.8. The lowest BCUT2D eigenvalue weighted by atomic mass is 10.1. The molecule has 0 N–H and O–H groups in total. The summed E-state index contributed by atoms with van der Waals surface area (Å²) in [5.41, 5.74) is 1.12. The number of rotatable bonds is 5. The van der Waals surface area contributed by atoms with Crippen LogP contribution in [-0.2, 0) is 19.1 Å². The van der Waals surface area contributed by atoms with Gasteiger partial charge in [-0.3, -0.25) is 0 Å². The molecule has 0 bridgehead atoms. The van der Waals surface area contributed by atoms with Crippen LogP contribution in [-0.4, -0.2) is 19.7 Å². The van der Waals surface area contributed by atoms with Crippen molar-refractivity contribution in [2.75, 3.05) is 0 Å². The predicted octanol–water partition coefficient (Wildman–Crippen LogP) is 6.91. The highest BCUT2D eigenvalue weighted by Crippen LogP contribution is 2.39. The van der Waals surface area contributed by atoms with Gasteiger partial charge in [0.2, 0.25) is 0 Å². The molecule has 0 aliphatic heterocycles. The molecule has 5 rings (SSSR count). The molecule has 158 valence electrons. The fraction of sp³-hybridized carbons (Fsp3) is 0.190. The molecule has 0 fully saturated rings. The lowest BCUT2D eigenvalue weighted by molar-refractivity contribution is -0.136. The minimum absolute atomic E-state index is 0.0613. The van der Waals surface area contributed by atoms with Gasteiger partial charge in [-0.25, -0.2) is 14.6 Å². The molecule has 0 aliphatic carbocycles. The minimum Gasteiger partial charge on any atom is -0.247 e. The SMILES string of the molecule is Cc1nn(CCc2nc(-c3cccs3)cs2)c2nc(-c3cccs3)cc(C(F)(F)F)c12. The summed E-state index contributed by atoms with van der Waals surface area (Å²) in [6.45, 7) is 2.00. The van der Waals surface area contributed by atoms with Crippen molar-refractivity contribution < 1.29 is 13.2 Å². The maximum absolute atomic E-state index is 13.8. The van der Waals surface area contributed by atoms with Gasteiger partial charge >= 0.3 is 6.18 Å². The summed E-state index contributed by atoms with van der Waals surface area (Å²) in [6.07, 6.45) is -3.92. The van der Waals surface area contributed by atoms with E-state index in [1.54, 1.807) is 46.4 Å². The molecule has 0 atom stereocenters. The topological polar surface area (TPSA) is 43.6 Å². The highest BCUT2D eigenvalue weighted by atomic mass is 32.1. The molecule has 5 aromatic heterocycles. The Bertz CT molecular complexity index is 1330. The number of thiazole rings is 1. The minimum atomic E-state index is -4.49. The number of pyridine rings is 1. The van der Waals surface area contributed by atoms with Gasteiger partial charge in [0.05, 0.1) is 42.8 Å². The van der Waals surface area contributed by atoms with E-state index in [9.17, 15) is 13.2 Å². The van der Waals surface area contributed by atoms with Crippen molar-refractivity contribution in [2.24, 2.45) is 0 Å². The average Bonchev–Trinajstić information content (AvgIpc) is 3.52. The first-order valence-electron chi connectivity index (χ1n) is 9.37. The van der Waals surface area contributed by atoms with Gasteiger partial charge in [-0.15, -0.1) is 34.0 Å². The van der Waals surface area contributed by atoms with Crippen LogP contribution in [0.5, 0.6) is 0 Å². The lowest BCUT2D eigenvalue weighted by Crippen LogP contribution is -2.08. The maximum Gasteiger partial charge on any atom is 0.417 e. The Morgan fingerprint density at radius 2 is 1.68 bits per heavy atom. The molecule has 0 spiro atoms. The highest BCUT2D eigenvalue weighted by molar-refractivity contribution is 7.14. The average molecular weight is 477 g/mol. The summed E-state index contributed by atoms with van der Waals surface area (Å²) < 4.78 is 43.1. The van der Waals surface area contributed by atoms with Crippen molar-refractivity contribution >= 4 is 45.0 Å². The second-order valence-electron chi connectivity index (χ2n) is 6.89. The summed E-state index contributed by atoms with van der Waals surface area (Å²) in [7, 11) is 0. The van der Waals surface area contributed by atoms with Gasteiger partial charge < -0.3 is 0 Å². The molecule has 5 heterocycles. The van der Waals surface area contributed by atoms with Crippen LogP contribution in [0.2, 0.25) is 0 Å². The molecule has 0 aromatic carbocycles. The third-order valence-electron chi connectivity index (χ3n) is 4.82. The first kappa shape index (κ1) is 20.3. The summed E-state index contributed by atoms with van der Waals surface area (Å²) in [4.78, 5) is 11.0. The third-order valence-corrected chi connectivity index (χ3v) is 7.51. The van der Waals surface area contributed by atoms with Gasteiger partial charge in [-0.05, 0) is 35.9 Å². The zero-order valence-corrected chi connectivity index (χ0v) is 18.6. The first-order valence-corrected chi connectivity index (χ1v) is 12.0. The number of hydrogen-bond acceptors (Lipinski definition) is 6. The van der Waals surface area contributed by atoms with Crippen molar-refractivity contribution in [1.29, 1.82) is 0 Å². The molecular weight excluding hydrogens is 461 g/mol. The van der Waals surface area contributed by atoms with E-state index < -0.39 is 11.7 Å². The van der Waals surface area contributed by atoms with Crippen LogP contribution in [0, 0.1) is 6.92 Å². The Hall–Kier alpha value is -2.56. The third kappa shape index (κ3) is 3.90. The Balaban J connectivity index is 1.52. The van der Waals surface area contributed by atoms with Crippen LogP contribution < -0.4 is 0 Å². The zero-order valence-electron chi connectivity index (χ0n) is 16.2. The van der Waals surface area contributed by atoms with Crippen molar-refractivity contribution in [2.45, 2.75) is 26.1 Å². The summed E-state index contributed by atoms with van der Waals surface area (Å²) >= 11 is 4.53. The number of aryl methyl sites for hydroxylation is 3. The van der Waals surface area contributed by atoms with Gasteiger partial charge in [0.15, 0.2) is 5.65 Å². The Kier molecular flexibility index (Phi) is 5.15. The van der Waals surface area contributed by atoms with E-state index in [1.807, 2.05) is 28.3 Å². The number of fused-ring (bicyclic) bond motifs is 1. The zero-order chi connectivity index (χ0) is 21.6. The van der Waals surface area contributed by atoms with E-state index in [-0.39, 0.29) is 11.0 Å². The van der Waals surface area contributed by atoms with E-state index in [1.165, 1.54) is 11.3 Å². The normalized spacial score (nSPS) is 12.1. The number of aromatic nitrogens is 4. The highest BCUT2D eigenvalue weighted by Gasteiger charge is 2.35. The second-order valence-corrected chi connectivity index (χ2v) is 9.73. The van der Waals surface area contributed by atoms with Gasteiger partial charge in [-0.2, -0.15) is 18.3 Å². The van der Waals surface area contributed by atoms with Crippen LogP contribution in [0.3, 0.4) is 0 Å². The van der Waals surface area contributed by atoms with E-state index >= 15 is 0 Å². The van der Waals surface area contributed by atoms with E-state index in [2.05, 4.69) is 15.1 Å². The summed E-state index contributed by atoms with van der Waals surface area (Å²) in [6, 6.07) is 8.69. The summed E-state index contributed by atoms with van der Waals surface area (Å²) in [5, 5.41) is 11.2. The van der Waals surface area contributed by atoms with Gasteiger partial charge in [-0.1, -0.05) is 12.1 Å². The molecule has 0 saturated carbocycles. The number of halogens is 3. The van der Waals surface area contributed by atoms with Crippen LogP contribution in [0.1, 0.15) is 16.3 Å². The second kappa shape index (κ2) is 7.85. The largest absolute Gasteiger partial charge is 0.417 e. The van der Waals surface area contributed by atoms with Crippen molar-refractivity contribution in [3.8, 4) is 21.1 Å². The predicted molar refractivity (Wildman–Crippen MR) is 120 cm³/mol. The number of alkyl halides is 3. The molecular formula is C21H15F3N4S3. The molecule has 31 heavy (non-hydrogen) atoms. The Labute approximate surface area is 187 Å². The monoisotopic (exact) mass is 476 g/mol. The lowest BCUT2D eigenvalue weighted by Gasteiger charge is -2.11. The fourth-order valence-electron chi connectivity index (χ4n) is 3.45. The van der Waals surface area contributed by atoms with Crippen molar-refractivity contribution in [3.05, 3.63) is 62.7 Å². The number of hydrogen-bond donors (Lipinski definition) is 0. The molecule has 0 amide bonds. The quantitative estimate of drug-likeness (QED) is 0.277. The molecule has 0 radical (unpaired) electrons. The van der Waals surface area contributed by atoms with Crippen molar-refractivity contribution in [1.82, 2.24) is 19.7 Å². The number of thiophene rings is 2. The van der Waals surface area contributed by atoms with Gasteiger partial charge in [0.1, 0.15) is 0 Å². The molecule has 5 aromatic rings. The smallest absolute Gasteiger partial charge is 0.247 e. The molecule has 0 unspecified atom stereocenters. The van der Waals surface area contributed by atoms with Crippen LogP contribution in [0.15, 0.2) is 46.5 Å². The molecule has 0 saturated heterocycles. The standard InChI is InChI=1S/C21H15F3N4S3/c1-12-19-13(21(22,23)24)10-14(16-4-2-8-29-16)26-20(19)28(27-12)7-6-18-25-15(11-31-18)17-5-3-9-30-17/h2-5,8-11H,6-7H2,1H3. The molecule has 0 aliphatic rings. The van der Waals surface area contributed by atoms with Crippen LogP contribution in [0.25, 0.3) is 32.2 Å². The molecule has 10 heteroatoms. The Morgan fingerprint density at radius 3 is 2.32 bits per heavy atom. The summed E-state index contributed by atoms with van der Waals surface area (Å²) in [5.74, 6) is 0. The van der Waals surface area contributed by atoms with Gasteiger partial charge in [0.25, 0.3) is 0 Å². The van der Waals surface area contributed by atoms with Gasteiger partial charge in [0, 0.05) is 18.3 Å². The Morgan fingerprint density at radius 1 is 0.968 bits per heavy atom.